The molecule has 2 aromatic carbocycles. The van der Waals surface area contributed by atoms with E-state index in [-0.39, 0.29) is 10.8 Å². The number of rotatable bonds is 14. The average molecular weight is 633 g/mol. The van der Waals surface area contributed by atoms with Gasteiger partial charge in [0.15, 0.2) is 12.3 Å². The first-order valence-corrected chi connectivity index (χ1v) is 15.8. The summed E-state index contributed by atoms with van der Waals surface area (Å²) in [5.74, 6) is 0. The highest BCUT2D eigenvalue weighted by Crippen LogP contribution is 2.47. The van der Waals surface area contributed by atoms with Crippen LogP contribution in [0.1, 0.15) is 38.8 Å². The molecule has 2 aliphatic heterocycles. The van der Waals surface area contributed by atoms with Gasteiger partial charge < -0.3 is 23.8 Å². The first-order valence-electron chi connectivity index (χ1n) is 14.6. The summed E-state index contributed by atoms with van der Waals surface area (Å²) in [4.78, 5) is 2.41. The molecule has 0 unspecified atom stereocenters. The van der Waals surface area contributed by atoms with Crippen molar-refractivity contribution in [2.75, 3.05) is 71.9 Å². The Morgan fingerprint density at radius 1 is 0.750 bits per heavy atom. The SMILES string of the molecule is COCCOCCN1C(=CC=CC2=[N+](CCOCCOC)c3ccccc3C2(C)C)C(C)(C)c2ccccc21.[O-][Cl+3]([O-])([O-])[O-]. The number of hydrogen-bond acceptors (Lipinski definition) is 9. The van der Waals surface area contributed by atoms with Crippen molar-refractivity contribution >= 4 is 17.1 Å². The topological polar surface area (TPSA) is 135 Å². The van der Waals surface area contributed by atoms with Crippen LogP contribution in [0.15, 0.2) is 72.5 Å². The molecule has 0 fully saturated rings. The number of benzene rings is 2. The van der Waals surface area contributed by atoms with Gasteiger partial charge in [0.1, 0.15) is 6.61 Å². The molecule has 0 amide bonds. The zero-order valence-electron chi connectivity index (χ0n) is 26.5. The van der Waals surface area contributed by atoms with Gasteiger partial charge in [-0.25, -0.2) is 18.6 Å². The largest absolute Gasteiger partial charge is 0.382 e. The van der Waals surface area contributed by atoms with Crippen LogP contribution < -0.4 is 23.5 Å². The molecule has 0 N–H and O–H groups in total. The van der Waals surface area contributed by atoms with Crippen molar-refractivity contribution in [1.29, 1.82) is 0 Å². The molecular formula is C33H45ClN2O8. The molecule has 11 heteroatoms. The standard InChI is InChI=1S/C33H45N2O4.ClHO4/c1-32(2)26-12-7-9-14-28(26)34(18-20-38-24-22-36-5)30(32)16-11-17-31-33(3,4)27-13-8-10-15-29(27)35(31)19-21-39-25-23-37-6;2-1(3,4)5/h7-17H,18-25H2,1-6H3;(H,2,3,4,5)/q+1;/p-1. The van der Waals surface area contributed by atoms with E-state index in [1.54, 1.807) is 14.2 Å². The number of para-hydroxylation sites is 2. The van der Waals surface area contributed by atoms with Crippen LogP contribution in [0.5, 0.6) is 0 Å². The van der Waals surface area contributed by atoms with Crippen LogP contribution in [0.3, 0.4) is 0 Å². The second kappa shape index (κ2) is 16.1. The first-order chi connectivity index (χ1) is 20.8. The van der Waals surface area contributed by atoms with Crippen LogP contribution in [-0.2, 0) is 29.8 Å². The van der Waals surface area contributed by atoms with Crippen molar-refractivity contribution in [3.05, 3.63) is 83.6 Å². The number of halogens is 1. The van der Waals surface area contributed by atoms with Gasteiger partial charge in [-0.1, -0.05) is 56.3 Å². The summed E-state index contributed by atoms with van der Waals surface area (Å²) in [5, 5.41) is 0. The summed E-state index contributed by atoms with van der Waals surface area (Å²) in [6.07, 6.45) is 6.80. The maximum absolute atomic E-state index is 8.49. The van der Waals surface area contributed by atoms with Crippen molar-refractivity contribution in [2.45, 2.75) is 38.5 Å². The lowest BCUT2D eigenvalue weighted by atomic mass is 9.81. The summed E-state index contributed by atoms with van der Waals surface area (Å²) >= 11 is 0. The average Bonchev–Trinajstić information content (AvgIpc) is 3.31. The fourth-order valence-electron chi connectivity index (χ4n) is 5.79. The van der Waals surface area contributed by atoms with Crippen molar-refractivity contribution in [3.8, 4) is 0 Å². The lowest BCUT2D eigenvalue weighted by Gasteiger charge is -2.27. The minimum absolute atomic E-state index is 0.110. The van der Waals surface area contributed by atoms with Crippen LogP contribution in [0.4, 0.5) is 11.4 Å². The van der Waals surface area contributed by atoms with Gasteiger partial charge in [-0.3, -0.25) is 0 Å². The van der Waals surface area contributed by atoms with Gasteiger partial charge in [-0.2, -0.15) is 4.58 Å². The molecule has 0 atom stereocenters. The molecule has 0 aliphatic carbocycles. The van der Waals surface area contributed by atoms with Crippen LogP contribution in [0.25, 0.3) is 0 Å². The third-order valence-corrected chi connectivity index (χ3v) is 7.89. The monoisotopic (exact) mass is 632 g/mol. The Morgan fingerprint density at radius 2 is 1.32 bits per heavy atom. The molecule has 0 aromatic heterocycles. The first kappa shape index (κ1) is 35.8. The van der Waals surface area contributed by atoms with Crippen molar-refractivity contribution in [3.63, 3.8) is 0 Å². The van der Waals surface area contributed by atoms with Gasteiger partial charge in [0, 0.05) is 55.3 Å². The molecule has 2 heterocycles. The normalized spacial score (nSPS) is 17.7. The quantitative estimate of drug-likeness (QED) is 0.220. The Hall–Kier alpha value is -2.64. The number of anilines is 1. The Labute approximate surface area is 263 Å². The van der Waals surface area contributed by atoms with Gasteiger partial charge in [-0.05, 0) is 31.6 Å². The fraction of sp³-hybridized carbons (Fsp3) is 0.485. The van der Waals surface area contributed by atoms with Crippen LogP contribution in [0.2, 0.25) is 0 Å². The lowest BCUT2D eigenvalue weighted by molar-refractivity contribution is -2.00. The zero-order valence-corrected chi connectivity index (χ0v) is 27.3. The van der Waals surface area contributed by atoms with E-state index in [0.29, 0.717) is 39.6 Å². The molecule has 242 valence electrons. The van der Waals surface area contributed by atoms with E-state index >= 15 is 0 Å². The van der Waals surface area contributed by atoms with E-state index in [1.165, 1.54) is 33.9 Å². The van der Waals surface area contributed by atoms with Crippen molar-refractivity contribution < 1.29 is 52.4 Å². The highest BCUT2D eigenvalue weighted by atomic mass is 35.7. The van der Waals surface area contributed by atoms with E-state index < -0.39 is 10.2 Å². The van der Waals surface area contributed by atoms with Crippen LogP contribution in [-0.4, -0.2) is 77.2 Å². The maximum Gasteiger partial charge on any atom is 0.209 e. The molecule has 44 heavy (non-hydrogen) atoms. The molecule has 0 radical (unpaired) electrons. The molecule has 0 spiro atoms. The lowest BCUT2D eigenvalue weighted by Crippen LogP contribution is -2.68. The molecule has 10 nitrogen and oxygen atoms in total. The molecule has 2 aliphatic rings. The third-order valence-electron chi connectivity index (χ3n) is 7.89. The van der Waals surface area contributed by atoms with E-state index in [1.807, 2.05) is 0 Å². The van der Waals surface area contributed by atoms with Gasteiger partial charge in [0.05, 0.1) is 38.4 Å². The minimum Gasteiger partial charge on any atom is -0.382 e. The third kappa shape index (κ3) is 9.20. The molecule has 0 saturated carbocycles. The second-order valence-electron chi connectivity index (χ2n) is 11.5. The van der Waals surface area contributed by atoms with E-state index in [9.17, 15) is 0 Å². The van der Waals surface area contributed by atoms with Crippen molar-refractivity contribution in [2.24, 2.45) is 0 Å². The highest BCUT2D eigenvalue weighted by Gasteiger charge is 2.44. The summed E-state index contributed by atoms with van der Waals surface area (Å²) in [6, 6.07) is 17.4. The summed E-state index contributed by atoms with van der Waals surface area (Å²) in [5.41, 5.74) is 7.54. The van der Waals surface area contributed by atoms with Gasteiger partial charge >= 0.3 is 0 Å². The number of fused-ring (bicyclic) bond motifs is 2. The van der Waals surface area contributed by atoms with Crippen LogP contribution >= 0.6 is 0 Å². The number of allylic oxidation sites excluding steroid dienone is 4. The number of methoxy groups -OCH3 is 2. The van der Waals surface area contributed by atoms with E-state index in [2.05, 4.69) is 104 Å². The number of hydrogen-bond donors (Lipinski definition) is 0. The number of ether oxygens (including phenoxy) is 4. The Balaban J connectivity index is 0.000000978. The Kier molecular flexibility index (Phi) is 13.1. The molecule has 2 aromatic rings. The minimum atomic E-state index is -4.94. The second-order valence-corrected chi connectivity index (χ2v) is 12.2. The smallest absolute Gasteiger partial charge is 0.209 e. The maximum atomic E-state index is 8.49. The van der Waals surface area contributed by atoms with E-state index in [4.69, 9.17) is 37.6 Å². The fourth-order valence-corrected chi connectivity index (χ4v) is 5.79. The predicted molar refractivity (Wildman–Crippen MR) is 159 cm³/mol. The molecular weight excluding hydrogens is 588 g/mol. The van der Waals surface area contributed by atoms with Crippen molar-refractivity contribution in [1.82, 2.24) is 0 Å². The highest BCUT2D eigenvalue weighted by molar-refractivity contribution is 6.03. The van der Waals surface area contributed by atoms with Crippen LogP contribution in [0, 0.1) is 10.2 Å². The Morgan fingerprint density at radius 3 is 1.95 bits per heavy atom. The van der Waals surface area contributed by atoms with Gasteiger partial charge in [-0.15, -0.1) is 10.2 Å². The summed E-state index contributed by atoms with van der Waals surface area (Å²) < 4.78 is 58.4. The zero-order chi connectivity index (χ0) is 32.4. The van der Waals surface area contributed by atoms with Gasteiger partial charge in [0.2, 0.25) is 5.69 Å². The van der Waals surface area contributed by atoms with Gasteiger partial charge in [0.25, 0.3) is 0 Å². The summed E-state index contributed by atoms with van der Waals surface area (Å²) in [7, 11) is -1.54. The molecule has 4 rings (SSSR count). The molecule has 0 saturated heterocycles. The molecule has 0 bridgehead atoms. The summed E-state index contributed by atoms with van der Waals surface area (Å²) in [6.45, 7) is 14.5. The van der Waals surface area contributed by atoms with E-state index in [0.717, 1.165) is 13.1 Å². The Bertz CT molecular complexity index is 1310. The predicted octanol–water partition coefficient (Wildman–Crippen LogP) is 0.871. The number of nitrogens with zero attached hydrogens (tertiary/aromatic N) is 2.